The van der Waals surface area contributed by atoms with Crippen molar-refractivity contribution >= 4 is 47.3 Å². The third kappa shape index (κ3) is 5.04. The summed E-state index contributed by atoms with van der Waals surface area (Å²) in [6.45, 7) is 0.178. The molecular weight excluding hydrogens is 451 g/mol. The topological polar surface area (TPSA) is 50.9 Å². The van der Waals surface area contributed by atoms with E-state index in [1.807, 2.05) is 24.3 Å². The number of benzene rings is 2. The van der Waals surface area contributed by atoms with Gasteiger partial charge in [0.05, 0.1) is 5.52 Å². The highest BCUT2D eigenvalue weighted by Crippen LogP contribution is 2.38. The highest BCUT2D eigenvalue weighted by Gasteiger charge is 2.34. The minimum absolute atomic E-state index is 0. The van der Waals surface area contributed by atoms with Crippen LogP contribution in [0.1, 0.15) is 36.8 Å². The lowest BCUT2D eigenvalue weighted by molar-refractivity contribution is 0.251. The fourth-order valence-corrected chi connectivity index (χ4v) is 4.28. The van der Waals surface area contributed by atoms with E-state index in [2.05, 4.69) is 10.3 Å². The largest absolute Gasteiger partial charge is 0.321 e. The molecule has 0 saturated heterocycles. The van der Waals surface area contributed by atoms with Crippen LogP contribution in [0.5, 0.6) is 0 Å². The molecule has 3 aromatic rings. The lowest BCUT2D eigenvalue weighted by Crippen LogP contribution is -2.45. The highest BCUT2D eigenvalue weighted by atomic mass is 35.5. The van der Waals surface area contributed by atoms with Crippen molar-refractivity contribution in [1.29, 1.82) is 0 Å². The van der Waals surface area contributed by atoms with Crippen molar-refractivity contribution in [2.45, 2.75) is 43.8 Å². The Hall–Kier alpha value is -1.50. The van der Waals surface area contributed by atoms with Crippen molar-refractivity contribution in [2.24, 2.45) is 5.73 Å². The lowest BCUT2D eigenvalue weighted by atomic mass is 9.74. The predicted octanol–water partition coefficient (Wildman–Crippen LogP) is 5.90. The van der Waals surface area contributed by atoms with Gasteiger partial charge >= 0.3 is 0 Å². The normalized spacial score (nSPS) is 21.0. The van der Waals surface area contributed by atoms with Crippen LogP contribution >= 0.6 is 36.4 Å². The molecular formula is C22H24Cl3F2N3. The average molecular weight is 475 g/mol. The molecule has 3 nitrogen and oxygen atoms in total. The molecule has 0 spiro atoms. The number of aromatic nitrogens is 1. The standard InChI is InChI=1S/C22H22ClF2N3.2ClH/c23-14-4-5-16-18(8-11-27-21(16)12-14)22(26)9-6-15(7-10-22)28-13-17-19(24)2-1-3-20(17)25;;/h1-5,8,11-12,15,28H,6-7,9-10,13,26H2;2*1H. The van der Waals surface area contributed by atoms with Crippen molar-refractivity contribution in [2.75, 3.05) is 0 Å². The van der Waals surface area contributed by atoms with Gasteiger partial charge in [-0.3, -0.25) is 4.98 Å². The number of rotatable bonds is 4. The van der Waals surface area contributed by atoms with Crippen molar-refractivity contribution in [3.05, 3.63) is 76.4 Å². The first kappa shape index (κ1) is 24.8. The summed E-state index contributed by atoms with van der Waals surface area (Å²) in [4.78, 5) is 4.40. The highest BCUT2D eigenvalue weighted by molar-refractivity contribution is 6.31. The Morgan fingerprint density at radius 3 is 2.40 bits per heavy atom. The number of hydrogen-bond acceptors (Lipinski definition) is 3. The van der Waals surface area contributed by atoms with Crippen LogP contribution in [0.15, 0.2) is 48.7 Å². The maximum absolute atomic E-state index is 13.8. The summed E-state index contributed by atoms with van der Waals surface area (Å²) < 4.78 is 27.6. The zero-order chi connectivity index (χ0) is 19.7. The summed E-state index contributed by atoms with van der Waals surface area (Å²) in [5, 5.41) is 4.96. The van der Waals surface area contributed by atoms with Crippen molar-refractivity contribution in [3.63, 3.8) is 0 Å². The van der Waals surface area contributed by atoms with Gasteiger partial charge in [-0.05, 0) is 61.6 Å². The van der Waals surface area contributed by atoms with E-state index in [4.69, 9.17) is 17.3 Å². The molecule has 0 amide bonds. The number of nitrogens with two attached hydrogens (primary N) is 1. The Balaban J connectivity index is 0.00000160. The molecule has 0 unspecified atom stereocenters. The maximum atomic E-state index is 13.8. The van der Waals surface area contributed by atoms with Crippen LogP contribution in [0.25, 0.3) is 10.9 Å². The molecule has 0 bridgehead atoms. The summed E-state index contributed by atoms with van der Waals surface area (Å²) in [6, 6.07) is 11.8. The second-order valence-electron chi connectivity index (χ2n) is 7.53. The minimum Gasteiger partial charge on any atom is -0.321 e. The van der Waals surface area contributed by atoms with Crippen LogP contribution in [0, 0.1) is 11.6 Å². The van der Waals surface area contributed by atoms with Gasteiger partial charge in [0.1, 0.15) is 11.6 Å². The molecule has 30 heavy (non-hydrogen) atoms. The number of pyridine rings is 1. The van der Waals surface area contributed by atoms with Gasteiger partial charge in [0.2, 0.25) is 0 Å². The van der Waals surface area contributed by atoms with Crippen LogP contribution in [-0.2, 0) is 12.1 Å². The van der Waals surface area contributed by atoms with E-state index in [0.29, 0.717) is 5.02 Å². The molecule has 162 valence electrons. The van der Waals surface area contributed by atoms with Crippen molar-refractivity contribution in [3.8, 4) is 0 Å². The Morgan fingerprint density at radius 2 is 1.73 bits per heavy atom. The third-order valence-electron chi connectivity index (χ3n) is 5.75. The Morgan fingerprint density at radius 1 is 1.07 bits per heavy atom. The summed E-state index contributed by atoms with van der Waals surface area (Å²) >= 11 is 6.09. The van der Waals surface area contributed by atoms with E-state index >= 15 is 0 Å². The second kappa shape index (κ2) is 10.2. The molecule has 1 heterocycles. The second-order valence-corrected chi connectivity index (χ2v) is 7.97. The number of hydrogen-bond donors (Lipinski definition) is 2. The minimum atomic E-state index is -0.515. The van der Waals surface area contributed by atoms with Gasteiger partial charge in [-0.2, -0.15) is 0 Å². The zero-order valence-corrected chi connectivity index (χ0v) is 18.6. The summed E-state index contributed by atoms with van der Waals surface area (Å²) in [6.07, 6.45) is 5.01. The number of halogens is 5. The van der Waals surface area contributed by atoms with E-state index in [9.17, 15) is 8.78 Å². The van der Waals surface area contributed by atoms with E-state index < -0.39 is 17.2 Å². The first-order chi connectivity index (χ1) is 13.5. The average Bonchev–Trinajstić information content (AvgIpc) is 2.68. The van der Waals surface area contributed by atoms with Gasteiger partial charge in [0, 0.05) is 40.3 Å². The molecule has 2 aromatic carbocycles. The molecule has 3 N–H and O–H groups in total. The van der Waals surface area contributed by atoms with E-state index in [1.54, 1.807) is 6.20 Å². The first-order valence-corrected chi connectivity index (χ1v) is 9.84. The Kier molecular flexibility index (Phi) is 8.43. The molecule has 1 aromatic heterocycles. The molecule has 1 aliphatic rings. The molecule has 8 heteroatoms. The zero-order valence-electron chi connectivity index (χ0n) is 16.2. The predicted molar refractivity (Wildman–Crippen MR) is 123 cm³/mol. The first-order valence-electron chi connectivity index (χ1n) is 9.46. The molecule has 1 aliphatic carbocycles. The molecule has 0 radical (unpaired) electrons. The molecule has 0 aliphatic heterocycles. The van der Waals surface area contributed by atoms with Crippen LogP contribution < -0.4 is 11.1 Å². The van der Waals surface area contributed by atoms with Gasteiger partial charge in [-0.25, -0.2) is 8.78 Å². The smallest absolute Gasteiger partial charge is 0.130 e. The quantitative estimate of drug-likeness (QED) is 0.495. The summed E-state index contributed by atoms with van der Waals surface area (Å²) in [5.74, 6) is -1.03. The molecule has 4 rings (SSSR count). The van der Waals surface area contributed by atoms with Crippen molar-refractivity contribution < 1.29 is 8.78 Å². The maximum Gasteiger partial charge on any atom is 0.130 e. The fourth-order valence-electron chi connectivity index (χ4n) is 4.11. The third-order valence-corrected chi connectivity index (χ3v) is 5.98. The monoisotopic (exact) mass is 473 g/mol. The van der Waals surface area contributed by atoms with Crippen molar-refractivity contribution in [1.82, 2.24) is 10.3 Å². The lowest BCUT2D eigenvalue weighted by Gasteiger charge is -2.38. The number of fused-ring (bicyclic) bond motifs is 1. The fraction of sp³-hybridized carbons (Fsp3) is 0.318. The molecule has 0 atom stereocenters. The number of nitrogens with one attached hydrogen (secondary N) is 1. The van der Waals surface area contributed by atoms with E-state index in [-0.39, 0.29) is 43.0 Å². The number of nitrogens with zero attached hydrogens (tertiary/aromatic N) is 1. The Labute approximate surface area is 192 Å². The van der Waals surface area contributed by atoms with E-state index in [1.165, 1.54) is 18.2 Å². The van der Waals surface area contributed by atoms with Crippen LogP contribution in [0.3, 0.4) is 0 Å². The van der Waals surface area contributed by atoms with Crippen LogP contribution in [-0.4, -0.2) is 11.0 Å². The van der Waals surface area contributed by atoms with E-state index in [0.717, 1.165) is 42.1 Å². The van der Waals surface area contributed by atoms with Crippen LogP contribution in [0.2, 0.25) is 5.02 Å². The summed E-state index contributed by atoms with van der Waals surface area (Å²) in [5.41, 5.74) is 8.35. The van der Waals surface area contributed by atoms with Gasteiger partial charge in [0.25, 0.3) is 0 Å². The van der Waals surface area contributed by atoms with Crippen LogP contribution in [0.4, 0.5) is 8.78 Å². The Bertz CT molecular complexity index is 988. The van der Waals surface area contributed by atoms with Gasteiger partial charge < -0.3 is 11.1 Å². The van der Waals surface area contributed by atoms with Gasteiger partial charge in [-0.1, -0.05) is 23.7 Å². The summed E-state index contributed by atoms with van der Waals surface area (Å²) in [7, 11) is 0. The van der Waals surface area contributed by atoms with Gasteiger partial charge in [-0.15, -0.1) is 24.8 Å². The van der Waals surface area contributed by atoms with Gasteiger partial charge in [0.15, 0.2) is 0 Å². The SMILES string of the molecule is Cl.Cl.NC1(c2ccnc3cc(Cl)ccc23)CCC(NCc2c(F)cccc2F)CC1. The molecule has 1 saturated carbocycles. The molecule has 1 fully saturated rings.